The lowest BCUT2D eigenvalue weighted by molar-refractivity contribution is 0.143. The van der Waals surface area contributed by atoms with Gasteiger partial charge in [0.15, 0.2) is 0 Å². The molecule has 0 spiro atoms. The summed E-state index contributed by atoms with van der Waals surface area (Å²) in [4.78, 5) is 13.6. The summed E-state index contributed by atoms with van der Waals surface area (Å²) in [5.74, 6) is 0.366. The summed E-state index contributed by atoms with van der Waals surface area (Å²) in [6.07, 6.45) is 1.79. The van der Waals surface area contributed by atoms with E-state index in [1.165, 1.54) is 0 Å². The van der Waals surface area contributed by atoms with E-state index >= 15 is 0 Å². The van der Waals surface area contributed by atoms with E-state index in [0.717, 1.165) is 31.6 Å². The summed E-state index contributed by atoms with van der Waals surface area (Å²) in [5.41, 5.74) is 0.860. The fraction of sp³-hybridized carbons (Fsp3) is 0.545. The van der Waals surface area contributed by atoms with Gasteiger partial charge in [-0.15, -0.1) is 0 Å². The van der Waals surface area contributed by atoms with E-state index in [1.54, 1.807) is 11.3 Å². The third kappa shape index (κ3) is 2.74. The number of anilines is 1. The van der Waals surface area contributed by atoms with Crippen LogP contribution in [-0.2, 0) is 0 Å². The van der Waals surface area contributed by atoms with Crippen molar-refractivity contribution in [2.45, 2.75) is 12.8 Å². The van der Waals surface area contributed by atoms with Crippen LogP contribution >= 0.6 is 11.3 Å². The Hall–Kier alpha value is -1.07. The molecule has 2 N–H and O–H groups in total. The minimum atomic E-state index is -0.0326. The molecule has 0 aromatic carbocycles. The van der Waals surface area contributed by atoms with Gasteiger partial charge in [0, 0.05) is 25.1 Å². The first-order valence-electron chi connectivity index (χ1n) is 5.48. The fourth-order valence-corrected chi connectivity index (χ4v) is 2.44. The maximum Gasteiger partial charge on any atom is 0.321 e. The van der Waals surface area contributed by atoms with Crippen molar-refractivity contribution in [3.63, 3.8) is 0 Å². The Morgan fingerprint density at radius 3 is 2.88 bits per heavy atom. The number of thiophene rings is 1. The van der Waals surface area contributed by atoms with Gasteiger partial charge in [0.1, 0.15) is 0 Å². The second-order valence-corrected chi connectivity index (χ2v) is 4.84. The zero-order chi connectivity index (χ0) is 11.4. The highest BCUT2D eigenvalue weighted by atomic mass is 32.1. The lowest BCUT2D eigenvalue weighted by atomic mass is 9.98. The van der Waals surface area contributed by atoms with Crippen LogP contribution in [0, 0.1) is 5.92 Å². The summed E-state index contributed by atoms with van der Waals surface area (Å²) >= 11 is 1.57. The summed E-state index contributed by atoms with van der Waals surface area (Å²) in [6, 6.07) is 1.86. The Bertz CT molecular complexity index is 332. The average Bonchev–Trinajstić information content (AvgIpc) is 2.82. The Labute approximate surface area is 98.9 Å². The molecular weight excluding hydrogens is 224 g/mol. The van der Waals surface area contributed by atoms with Gasteiger partial charge in [-0.2, -0.15) is 11.3 Å². The molecule has 1 aromatic rings. The standard InChI is InChI=1S/C11H16N2O2S/c14-7-9-1-4-13(5-2-9)11(15)12-10-3-6-16-8-10/h3,6,8-9,14H,1-2,4-5,7H2,(H,12,15). The summed E-state index contributed by atoms with van der Waals surface area (Å²) in [5, 5.41) is 15.7. The Morgan fingerprint density at radius 2 is 2.31 bits per heavy atom. The van der Waals surface area contributed by atoms with Crippen LogP contribution in [-0.4, -0.2) is 35.7 Å². The second-order valence-electron chi connectivity index (χ2n) is 4.06. The number of nitrogens with one attached hydrogen (secondary N) is 1. The van der Waals surface area contributed by atoms with Gasteiger partial charge >= 0.3 is 6.03 Å². The van der Waals surface area contributed by atoms with Gasteiger partial charge in [0.05, 0.1) is 5.69 Å². The van der Waals surface area contributed by atoms with Crippen molar-refractivity contribution in [2.24, 2.45) is 5.92 Å². The number of urea groups is 1. The van der Waals surface area contributed by atoms with E-state index in [-0.39, 0.29) is 12.6 Å². The molecule has 0 bridgehead atoms. The molecule has 1 saturated heterocycles. The van der Waals surface area contributed by atoms with Crippen molar-refractivity contribution in [1.29, 1.82) is 0 Å². The molecular formula is C11H16N2O2S. The maximum absolute atomic E-state index is 11.8. The van der Waals surface area contributed by atoms with Crippen molar-refractivity contribution < 1.29 is 9.90 Å². The number of carbonyl (C=O) groups excluding carboxylic acids is 1. The van der Waals surface area contributed by atoms with E-state index in [2.05, 4.69) is 5.32 Å². The van der Waals surface area contributed by atoms with Crippen molar-refractivity contribution in [3.8, 4) is 0 Å². The molecule has 0 radical (unpaired) electrons. The number of rotatable bonds is 2. The molecule has 0 unspecified atom stereocenters. The molecule has 0 aliphatic carbocycles. The van der Waals surface area contributed by atoms with E-state index < -0.39 is 0 Å². The summed E-state index contributed by atoms with van der Waals surface area (Å²) in [7, 11) is 0. The van der Waals surface area contributed by atoms with Crippen molar-refractivity contribution in [2.75, 3.05) is 25.0 Å². The van der Waals surface area contributed by atoms with Gasteiger partial charge < -0.3 is 15.3 Å². The molecule has 0 saturated carbocycles. The molecule has 2 heterocycles. The molecule has 1 fully saturated rings. The molecule has 5 heteroatoms. The molecule has 1 aromatic heterocycles. The molecule has 16 heavy (non-hydrogen) atoms. The first kappa shape index (κ1) is 11.4. The molecule has 88 valence electrons. The van der Waals surface area contributed by atoms with Crippen LogP contribution in [0.5, 0.6) is 0 Å². The fourth-order valence-electron chi connectivity index (χ4n) is 1.86. The first-order valence-corrected chi connectivity index (χ1v) is 6.43. The molecule has 2 rings (SSSR count). The zero-order valence-electron chi connectivity index (χ0n) is 9.06. The SMILES string of the molecule is O=C(Nc1ccsc1)N1CCC(CO)CC1. The third-order valence-electron chi connectivity index (χ3n) is 2.93. The van der Waals surface area contributed by atoms with E-state index in [9.17, 15) is 4.79 Å². The van der Waals surface area contributed by atoms with Crippen LogP contribution in [0.2, 0.25) is 0 Å². The van der Waals surface area contributed by atoms with Crippen LogP contribution in [0.3, 0.4) is 0 Å². The topological polar surface area (TPSA) is 52.6 Å². The van der Waals surface area contributed by atoms with Crippen LogP contribution < -0.4 is 5.32 Å². The minimum Gasteiger partial charge on any atom is -0.396 e. The van der Waals surface area contributed by atoms with Crippen molar-refractivity contribution >= 4 is 23.1 Å². The van der Waals surface area contributed by atoms with E-state index in [4.69, 9.17) is 5.11 Å². The number of amides is 2. The quantitative estimate of drug-likeness (QED) is 0.830. The molecule has 1 aliphatic rings. The van der Waals surface area contributed by atoms with Crippen LogP contribution in [0.25, 0.3) is 0 Å². The number of piperidine rings is 1. The predicted molar refractivity (Wildman–Crippen MR) is 64.7 cm³/mol. The highest BCUT2D eigenvalue weighted by molar-refractivity contribution is 7.08. The summed E-state index contributed by atoms with van der Waals surface area (Å²) < 4.78 is 0. The van der Waals surface area contributed by atoms with Gasteiger partial charge in [-0.3, -0.25) is 0 Å². The maximum atomic E-state index is 11.8. The lowest BCUT2D eigenvalue weighted by Gasteiger charge is -2.30. The van der Waals surface area contributed by atoms with Crippen LogP contribution in [0.4, 0.5) is 10.5 Å². The second kappa shape index (κ2) is 5.32. The predicted octanol–water partition coefficient (Wildman–Crippen LogP) is 1.98. The zero-order valence-corrected chi connectivity index (χ0v) is 9.87. The van der Waals surface area contributed by atoms with Gasteiger partial charge in [-0.25, -0.2) is 4.79 Å². The first-order chi connectivity index (χ1) is 7.79. The largest absolute Gasteiger partial charge is 0.396 e. The number of carbonyl (C=O) groups is 1. The van der Waals surface area contributed by atoms with E-state index in [1.807, 2.05) is 21.7 Å². The van der Waals surface area contributed by atoms with E-state index in [0.29, 0.717) is 5.92 Å². The highest BCUT2D eigenvalue weighted by Crippen LogP contribution is 2.18. The van der Waals surface area contributed by atoms with Gasteiger partial charge in [-0.1, -0.05) is 0 Å². The molecule has 0 atom stereocenters. The number of aliphatic hydroxyl groups is 1. The number of nitrogens with zero attached hydrogens (tertiary/aromatic N) is 1. The average molecular weight is 240 g/mol. The number of hydrogen-bond donors (Lipinski definition) is 2. The van der Waals surface area contributed by atoms with Gasteiger partial charge in [-0.05, 0) is 30.2 Å². The number of likely N-dealkylation sites (tertiary alicyclic amines) is 1. The van der Waals surface area contributed by atoms with Crippen molar-refractivity contribution in [3.05, 3.63) is 16.8 Å². The molecule has 2 amide bonds. The molecule has 1 aliphatic heterocycles. The minimum absolute atomic E-state index is 0.0326. The third-order valence-corrected chi connectivity index (χ3v) is 3.62. The number of aliphatic hydroxyl groups excluding tert-OH is 1. The normalized spacial score (nSPS) is 17.4. The van der Waals surface area contributed by atoms with Gasteiger partial charge in [0.2, 0.25) is 0 Å². The molecule has 4 nitrogen and oxygen atoms in total. The lowest BCUT2D eigenvalue weighted by Crippen LogP contribution is -2.41. The van der Waals surface area contributed by atoms with Crippen LogP contribution in [0.1, 0.15) is 12.8 Å². The highest BCUT2D eigenvalue weighted by Gasteiger charge is 2.22. The number of hydrogen-bond acceptors (Lipinski definition) is 3. The smallest absolute Gasteiger partial charge is 0.321 e. The van der Waals surface area contributed by atoms with Gasteiger partial charge in [0.25, 0.3) is 0 Å². The van der Waals surface area contributed by atoms with Crippen molar-refractivity contribution in [1.82, 2.24) is 4.90 Å². The summed E-state index contributed by atoms with van der Waals surface area (Å²) in [6.45, 7) is 1.71. The van der Waals surface area contributed by atoms with Crippen LogP contribution in [0.15, 0.2) is 16.8 Å². The monoisotopic (exact) mass is 240 g/mol. The Morgan fingerprint density at radius 1 is 1.56 bits per heavy atom. The Balaban J connectivity index is 1.82. The Kier molecular flexibility index (Phi) is 3.79.